The Morgan fingerprint density at radius 2 is 1.94 bits per heavy atom. The number of fused-ring (bicyclic) bond motifs is 1. The Labute approximate surface area is 200 Å². The third kappa shape index (κ3) is 4.80. The van der Waals surface area contributed by atoms with Crippen molar-refractivity contribution in [3.63, 3.8) is 0 Å². The normalized spacial score (nSPS) is 16.1. The zero-order chi connectivity index (χ0) is 24.4. The zero-order valence-electron chi connectivity index (χ0n) is 19.2. The molecule has 1 amide bonds. The highest BCUT2D eigenvalue weighted by molar-refractivity contribution is 6.06. The third-order valence-electron chi connectivity index (χ3n) is 6.59. The zero-order valence-corrected chi connectivity index (χ0v) is 19.2. The summed E-state index contributed by atoms with van der Waals surface area (Å²) in [4.78, 5) is 33.2. The van der Waals surface area contributed by atoms with E-state index in [-0.39, 0.29) is 22.8 Å². The minimum Gasteiger partial charge on any atom is -0.492 e. The third-order valence-corrected chi connectivity index (χ3v) is 6.59. The van der Waals surface area contributed by atoms with Crippen LogP contribution in [0, 0.1) is 17.6 Å². The first-order chi connectivity index (χ1) is 17.0. The maximum atomic E-state index is 15.3. The van der Waals surface area contributed by atoms with Crippen molar-refractivity contribution in [1.82, 2.24) is 24.3 Å². The number of nitrogens with zero attached hydrogens (tertiary/aromatic N) is 5. The first-order valence-corrected chi connectivity index (χ1v) is 11.9. The van der Waals surface area contributed by atoms with E-state index in [9.17, 15) is 14.0 Å². The van der Waals surface area contributed by atoms with Crippen LogP contribution in [0.2, 0.25) is 0 Å². The van der Waals surface area contributed by atoms with Gasteiger partial charge in [-0.05, 0) is 37.7 Å². The molecule has 11 heteroatoms. The van der Waals surface area contributed by atoms with Crippen LogP contribution in [0.3, 0.4) is 0 Å². The minimum absolute atomic E-state index is 0.0943. The molecule has 1 fully saturated rings. The predicted octanol–water partition coefficient (Wildman–Crippen LogP) is 3.65. The molecule has 5 rings (SSSR count). The van der Waals surface area contributed by atoms with Crippen LogP contribution in [0.1, 0.15) is 61.1 Å². The van der Waals surface area contributed by atoms with Gasteiger partial charge >= 0.3 is 5.69 Å². The predicted molar refractivity (Wildman–Crippen MR) is 123 cm³/mol. The lowest BCUT2D eigenvalue weighted by Crippen LogP contribution is -2.27. The van der Waals surface area contributed by atoms with Crippen molar-refractivity contribution in [2.45, 2.75) is 57.9 Å². The molecule has 0 unspecified atom stereocenters. The summed E-state index contributed by atoms with van der Waals surface area (Å²) in [5, 5.41) is 6.67. The van der Waals surface area contributed by atoms with Crippen LogP contribution < -0.4 is 15.7 Å². The van der Waals surface area contributed by atoms with Gasteiger partial charge in [-0.2, -0.15) is 4.68 Å². The van der Waals surface area contributed by atoms with E-state index in [1.54, 1.807) is 4.57 Å². The lowest BCUT2D eigenvalue weighted by Gasteiger charge is -2.22. The number of amides is 1. The van der Waals surface area contributed by atoms with Crippen molar-refractivity contribution in [3.05, 3.63) is 58.2 Å². The van der Waals surface area contributed by atoms with Crippen molar-refractivity contribution in [2.24, 2.45) is 5.92 Å². The minimum atomic E-state index is -0.822. The molecule has 3 heterocycles. The van der Waals surface area contributed by atoms with Gasteiger partial charge in [0.25, 0.3) is 5.91 Å². The maximum absolute atomic E-state index is 15.3. The van der Waals surface area contributed by atoms with Crippen molar-refractivity contribution < 1.29 is 18.3 Å². The fraction of sp³-hybridized carbons (Fsp3) is 0.458. The summed E-state index contributed by atoms with van der Waals surface area (Å²) in [5.74, 6) is -1.74. The SMILES string of the molecule is O=C(Nc1ncncc1F)c1cc(F)c(-n2nc3n(c2=O)CCCC3)cc1OCC1CCCCC1. The van der Waals surface area contributed by atoms with E-state index in [1.165, 1.54) is 12.5 Å². The first kappa shape index (κ1) is 23.1. The molecule has 2 aromatic heterocycles. The standard InChI is InChI=1S/C24H26F2N6O3/c25-17-10-16(23(33)29-22-18(26)12-27-14-28-22)20(35-13-15-6-2-1-3-7-15)11-19(17)32-24(34)31-9-5-4-8-21(31)30-32/h10-12,14-15H,1-9,13H2,(H,27,28,29,33). The van der Waals surface area contributed by atoms with E-state index >= 15 is 4.39 Å². The molecule has 3 aromatic rings. The summed E-state index contributed by atoms with van der Waals surface area (Å²) in [6.45, 7) is 0.883. The first-order valence-electron chi connectivity index (χ1n) is 11.9. The Morgan fingerprint density at radius 3 is 2.71 bits per heavy atom. The number of aromatic nitrogens is 5. The summed E-state index contributed by atoms with van der Waals surface area (Å²) in [6, 6.07) is 2.31. The molecule has 9 nitrogen and oxygen atoms in total. The fourth-order valence-electron chi connectivity index (χ4n) is 4.70. The van der Waals surface area contributed by atoms with Gasteiger partial charge in [0.05, 0.1) is 18.4 Å². The second-order valence-electron chi connectivity index (χ2n) is 9.01. The number of hydrogen-bond acceptors (Lipinski definition) is 6. The average Bonchev–Trinajstić information content (AvgIpc) is 3.21. The summed E-state index contributed by atoms with van der Waals surface area (Å²) in [5.41, 5.74) is -0.658. The van der Waals surface area contributed by atoms with Crippen LogP contribution in [-0.2, 0) is 13.0 Å². The van der Waals surface area contributed by atoms with Crippen LogP contribution in [0.5, 0.6) is 5.75 Å². The number of anilines is 1. The number of ether oxygens (including phenoxy) is 1. The Hall–Kier alpha value is -3.63. The molecule has 0 saturated heterocycles. The van der Waals surface area contributed by atoms with Gasteiger partial charge in [0.2, 0.25) is 0 Å². The van der Waals surface area contributed by atoms with E-state index in [0.29, 0.717) is 31.3 Å². The molecule has 1 aliphatic carbocycles. The molecule has 35 heavy (non-hydrogen) atoms. The summed E-state index contributed by atoms with van der Waals surface area (Å²) in [7, 11) is 0. The Bertz CT molecular complexity index is 1300. The van der Waals surface area contributed by atoms with E-state index in [0.717, 1.165) is 61.8 Å². The number of benzene rings is 1. The number of rotatable bonds is 6. The van der Waals surface area contributed by atoms with Gasteiger partial charge in [-0.25, -0.2) is 23.5 Å². The van der Waals surface area contributed by atoms with E-state index in [1.807, 2.05) is 0 Å². The van der Waals surface area contributed by atoms with Gasteiger partial charge in [0.15, 0.2) is 11.6 Å². The number of hydrogen-bond donors (Lipinski definition) is 1. The van der Waals surface area contributed by atoms with Gasteiger partial charge in [0, 0.05) is 19.0 Å². The molecule has 184 valence electrons. The highest BCUT2D eigenvalue weighted by atomic mass is 19.1. The highest BCUT2D eigenvalue weighted by Gasteiger charge is 2.25. The molecule has 0 spiro atoms. The quantitative estimate of drug-likeness (QED) is 0.573. The number of carbonyl (C=O) groups excluding carboxylic acids is 1. The van der Waals surface area contributed by atoms with Gasteiger partial charge < -0.3 is 10.1 Å². The monoisotopic (exact) mass is 484 g/mol. The molecule has 0 atom stereocenters. The second kappa shape index (κ2) is 9.93. The lowest BCUT2D eigenvalue weighted by atomic mass is 9.90. The van der Waals surface area contributed by atoms with E-state index in [4.69, 9.17) is 4.74 Å². The van der Waals surface area contributed by atoms with E-state index in [2.05, 4.69) is 20.4 Å². The molecule has 1 aliphatic heterocycles. The Balaban J connectivity index is 1.51. The summed E-state index contributed by atoms with van der Waals surface area (Å²) >= 11 is 0. The molecule has 1 saturated carbocycles. The molecular weight excluding hydrogens is 458 g/mol. The van der Waals surface area contributed by atoms with Crippen LogP contribution in [0.4, 0.5) is 14.6 Å². The van der Waals surface area contributed by atoms with Crippen LogP contribution >= 0.6 is 0 Å². The summed E-state index contributed by atoms with van der Waals surface area (Å²) in [6.07, 6.45) is 9.84. The van der Waals surface area contributed by atoms with Gasteiger partial charge in [0.1, 0.15) is 29.4 Å². The number of halogens is 2. The van der Waals surface area contributed by atoms with Gasteiger partial charge in [-0.3, -0.25) is 9.36 Å². The molecule has 1 aromatic carbocycles. The average molecular weight is 485 g/mol. The number of aryl methyl sites for hydroxylation is 1. The molecule has 0 bridgehead atoms. The topological polar surface area (TPSA) is 104 Å². The van der Waals surface area contributed by atoms with Crippen molar-refractivity contribution in [1.29, 1.82) is 0 Å². The fourth-order valence-corrected chi connectivity index (χ4v) is 4.70. The van der Waals surface area contributed by atoms with Crippen LogP contribution in [0.25, 0.3) is 5.69 Å². The largest absolute Gasteiger partial charge is 0.492 e. The number of carbonyl (C=O) groups is 1. The van der Waals surface area contributed by atoms with Gasteiger partial charge in [-0.15, -0.1) is 5.10 Å². The smallest absolute Gasteiger partial charge is 0.350 e. The Kier molecular flexibility index (Phi) is 6.56. The molecule has 1 N–H and O–H groups in total. The summed E-state index contributed by atoms with van der Waals surface area (Å²) < 4.78 is 37.9. The van der Waals surface area contributed by atoms with Crippen molar-refractivity contribution in [2.75, 3.05) is 11.9 Å². The van der Waals surface area contributed by atoms with Crippen molar-refractivity contribution >= 4 is 11.7 Å². The number of nitrogens with one attached hydrogen (secondary N) is 1. The highest BCUT2D eigenvalue weighted by Crippen LogP contribution is 2.29. The maximum Gasteiger partial charge on any atom is 0.350 e. The van der Waals surface area contributed by atoms with Gasteiger partial charge in [-0.1, -0.05) is 19.3 Å². The lowest BCUT2D eigenvalue weighted by molar-refractivity contribution is 0.101. The second-order valence-corrected chi connectivity index (χ2v) is 9.01. The molecule has 2 aliphatic rings. The van der Waals surface area contributed by atoms with E-state index < -0.39 is 23.2 Å². The Morgan fingerprint density at radius 1 is 1.11 bits per heavy atom. The molecular formula is C24H26F2N6O3. The van der Waals surface area contributed by atoms with Crippen molar-refractivity contribution in [3.8, 4) is 11.4 Å². The molecule has 0 radical (unpaired) electrons. The van der Waals surface area contributed by atoms with Crippen LogP contribution in [-0.4, -0.2) is 36.8 Å². The van der Waals surface area contributed by atoms with Crippen LogP contribution in [0.15, 0.2) is 29.5 Å².